The molecule has 1 aromatic rings. The number of halogens is 1. The molecule has 0 aromatic heterocycles. The Morgan fingerprint density at radius 2 is 1.95 bits per heavy atom. The summed E-state index contributed by atoms with van der Waals surface area (Å²) in [4.78, 5) is 14.1. The Bertz CT molecular complexity index is 428. The summed E-state index contributed by atoms with van der Waals surface area (Å²) in [5.41, 5.74) is 0.697. The van der Waals surface area contributed by atoms with Crippen molar-refractivity contribution in [1.82, 2.24) is 4.90 Å². The maximum absolute atomic E-state index is 12.3. The lowest BCUT2D eigenvalue weighted by Crippen LogP contribution is -2.30. The molecular weight excluding hydrogens is 353 g/mol. The topological polar surface area (TPSA) is 29.5 Å². The monoisotopic (exact) mass is 375 g/mol. The van der Waals surface area contributed by atoms with Gasteiger partial charge in [-0.2, -0.15) is 0 Å². The van der Waals surface area contributed by atoms with Crippen molar-refractivity contribution in [1.29, 1.82) is 0 Å². The maximum atomic E-state index is 12.3. The second kappa shape index (κ2) is 7.72. The van der Waals surface area contributed by atoms with E-state index in [-0.39, 0.29) is 5.91 Å². The van der Waals surface area contributed by atoms with Crippen LogP contribution in [0.25, 0.3) is 0 Å². The number of ether oxygens (including phenoxy) is 1. The molecule has 3 nitrogen and oxygen atoms in total. The molecule has 106 valence electrons. The zero-order chi connectivity index (χ0) is 14.4. The van der Waals surface area contributed by atoms with Crippen molar-refractivity contribution in [2.45, 2.75) is 27.7 Å². The van der Waals surface area contributed by atoms with Gasteiger partial charge < -0.3 is 9.64 Å². The van der Waals surface area contributed by atoms with E-state index in [2.05, 4.69) is 36.4 Å². The molecule has 1 rings (SSSR count). The maximum Gasteiger partial charge on any atom is 0.253 e. The summed E-state index contributed by atoms with van der Waals surface area (Å²) in [5, 5.41) is 0. The first-order valence-corrected chi connectivity index (χ1v) is 7.79. The van der Waals surface area contributed by atoms with E-state index in [0.717, 1.165) is 22.4 Å². The first-order valence-electron chi connectivity index (χ1n) is 6.71. The molecule has 1 aromatic carbocycles. The highest BCUT2D eigenvalue weighted by molar-refractivity contribution is 14.1. The number of rotatable bonds is 6. The van der Waals surface area contributed by atoms with Crippen molar-refractivity contribution in [2.75, 3.05) is 19.7 Å². The second-order valence-corrected chi connectivity index (χ2v) is 5.99. The molecule has 0 N–H and O–H groups in total. The Labute approximate surface area is 129 Å². The number of carbonyl (C=O) groups is 1. The Kier molecular flexibility index (Phi) is 6.62. The van der Waals surface area contributed by atoms with Crippen LogP contribution in [-0.2, 0) is 0 Å². The SMILES string of the molecule is CCN(CC)C(=O)c1ccc(I)c(OCC(C)C)c1. The van der Waals surface area contributed by atoms with Crippen molar-refractivity contribution in [3.8, 4) is 5.75 Å². The van der Waals surface area contributed by atoms with Gasteiger partial charge in [0.25, 0.3) is 5.91 Å². The normalized spacial score (nSPS) is 10.6. The molecule has 0 heterocycles. The minimum Gasteiger partial charge on any atom is -0.492 e. The Morgan fingerprint density at radius 3 is 2.47 bits per heavy atom. The van der Waals surface area contributed by atoms with Gasteiger partial charge in [0, 0.05) is 18.7 Å². The number of hydrogen-bond acceptors (Lipinski definition) is 2. The summed E-state index contributed by atoms with van der Waals surface area (Å²) in [6, 6.07) is 5.66. The van der Waals surface area contributed by atoms with E-state index in [0.29, 0.717) is 18.1 Å². The lowest BCUT2D eigenvalue weighted by atomic mass is 10.2. The average molecular weight is 375 g/mol. The number of amides is 1. The fourth-order valence-corrected chi connectivity index (χ4v) is 2.19. The predicted molar refractivity (Wildman–Crippen MR) is 86.7 cm³/mol. The molecule has 0 spiro atoms. The van der Waals surface area contributed by atoms with Crippen LogP contribution in [0.3, 0.4) is 0 Å². The molecule has 0 aliphatic rings. The van der Waals surface area contributed by atoms with E-state index >= 15 is 0 Å². The summed E-state index contributed by atoms with van der Waals surface area (Å²) in [6.07, 6.45) is 0. The minimum absolute atomic E-state index is 0.0656. The molecule has 0 atom stereocenters. The lowest BCUT2D eigenvalue weighted by molar-refractivity contribution is 0.0772. The van der Waals surface area contributed by atoms with E-state index in [1.165, 1.54) is 0 Å². The third-order valence-corrected chi connectivity index (χ3v) is 3.69. The fourth-order valence-electron chi connectivity index (χ4n) is 1.70. The highest BCUT2D eigenvalue weighted by atomic mass is 127. The molecule has 0 radical (unpaired) electrons. The van der Waals surface area contributed by atoms with Crippen LogP contribution >= 0.6 is 22.6 Å². The molecule has 4 heteroatoms. The van der Waals surface area contributed by atoms with Crippen LogP contribution in [0.5, 0.6) is 5.75 Å². The van der Waals surface area contributed by atoms with E-state index in [9.17, 15) is 4.79 Å². The molecule has 0 bridgehead atoms. The van der Waals surface area contributed by atoms with Gasteiger partial charge in [-0.3, -0.25) is 4.79 Å². The van der Waals surface area contributed by atoms with Crippen molar-refractivity contribution in [2.24, 2.45) is 5.92 Å². The minimum atomic E-state index is 0.0656. The number of benzene rings is 1. The van der Waals surface area contributed by atoms with Crippen LogP contribution in [0.4, 0.5) is 0 Å². The molecular formula is C15H22INO2. The molecule has 0 saturated carbocycles. The highest BCUT2D eigenvalue weighted by Crippen LogP contribution is 2.23. The van der Waals surface area contributed by atoms with Crippen LogP contribution in [0.1, 0.15) is 38.1 Å². The van der Waals surface area contributed by atoms with E-state index in [1.807, 2.05) is 36.9 Å². The van der Waals surface area contributed by atoms with Crippen LogP contribution < -0.4 is 4.74 Å². The molecule has 0 aliphatic heterocycles. The Balaban J connectivity index is 2.91. The standard InChI is InChI=1S/C15H22INO2/c1-5-17(6-2)15(18)12-7-8-13(16)14(9-12)19-10-11(3)4/h7-9,11H,5-6,10H2,1-4H3. The predicted octanol–water partition coefficient (Wildman–Crippen LogP) is 3.81. The third kappa shape index (κ3) is 4.67. The summed E-state index contributed by atoms with van der Waals surface area (Å²) in [7, 11) is 0. The van der Waals surface area contributed by atoms with Gasteiger partial charge in [-0.1, -0.05) is 13.8 Å². The average Bonchev–Trinajstić information content (AvgIpc) is 2.38. The van der Waals surface area contributed by atoms with E-state index < -0.39 is 0 Å². The summed E-state index contributed by atoms with van der Waals surface area (Å²) in [5.74, 6) is 1.33. The lowest BCUT2D eigenvalue weighted by Gasteiger charge is -2.19. The Morgan fingerprint density at radius 1 is 1.32 bits per heavy atom. The Hall–Kier alpha value is -0.780. The summed E-state index contributed by atoms with van der Waals surface area (Å²) < 4.78 is 6.79. The highest BCUT2D eigenvalue weighted by Gasteiger charge is 2.14. The van der Waals surface area contributed by atoms with Crippen LogP contribution in [0, 0.1) is 9.49 Å². The first kappa shape index (κ1) is 16.3. The molecule has 0 unspecified atom stereocenters. The van der Waals surface area contributed by atoms with Crippen LogP contribution in [0.2, 0.25) is 0 Å². The second-order valence-electron chi connectivity index (χ2n) is 4.83. The first-order chi connectivity index (χ1) is 8.99. The van der Waals surface area contributed by atoms with Gasteiger partial charge in [0.2, 0.25) is 0 Å². The number of hydrogen-bond donors (Lipinski definition) is 0. The largest absolute Gasteiger partial charge is 0.492 e. The van der Waals surface area contributed by atoms with E-state index in [4.69, 9.17) is 4.74 Å². The van der Waals surface area contributed by atoms with Gasteiger partial charge in [-0.15, -0.1) is 0 Å². The van der Waals surface area contributed by atoms with Gasteiger partial charge in [0.15, 0.2) is 0 Å². The molecule has 19 heavy (non-hydrogen) atoms. The van der Waals surface area contributed by atoms with Crippen molar-refractivity contribution in [3.63, 3.8) is 0 Å². The molecule has 0 fully saturated rings. The van der Waals surface area contributed by atoms with Crippen molar-refractivity contribution >= 4 is 28.5 Å². The quantitative estimate of drug-likeness (QED) is 0.708. The smallest absolute Gasteiger partial charge is 0.253 e. The molecule has 1 amide bonds. The molecule has 0 aliphatic carbocycles. The van der Waals surface area contributed by atoms with Gasteiger partial charge in [0.05, 0.1) is 10.2 Å². The van der Waals surface area contributed by atoms with Gasteiger partial charge in [0.1, 0.15) is 5.75 Å². The van der Waals surface area contributed by atoms with Crippen LogP contribution in [0.15, 0.2) is 18.2 Å². The third-order valence-electron chi connectivity index (χ3n) is 2.80. The van der Waals surface area contributed by atoms with Crippen molar-refractivity contribution < 1.29 is 9.53 Å². The van der Waals surface area contributed by atoms with Crippen molar-refractivity contribution in [3.05, 3.63) is 27.3 Å². The zero-order valence-electron chi connectivity index (χ0n) is 12.1. The number of nitrogens with zero attached hydrogens (tertiary/aromatic N) is 1. The molecule has 0 saturated heterocycles. The van der Waals surface area contributed by atoms with Gasteiger partial charge >= 0.3 is 0 Å². The number of carbonyl (C=O) groups excluding carboxylic acids is 1. The van der Waals surface area contributed by atoms with Gasteiger partial charge in [-0.05, 0) is 60.6 Å². The van der Waals surface area contributed by atoms with Crippen LogP contribution in [-0.4, -0.2) is 30.5 Å². The summed E-state index contributed by atoms with van der Waals surface area (Å²) in [6.45, 7) is 10.3. The zero-order valence-corrected chi connectivity index (χ0v) is 14.2. The van der Waals surface area contributed by atoms with Gasteiger partial charge in [-0.25, -0.2) is 0 Å². The summed E-state index contributed by atoms with van der Waals surface area (Å²) >= 11 is 2.23. The van der Waals surface area contributed by atoms with E-state index in [1.54, 1.807) is 0 Å². The fraction of sp³-hybridized carbons (Fsp3) is 0.533.